The first kappa shape index (κ1) is 21.0. The summed E-state index contributed by atoms with van der Waals surface area (Å²) in [6, 6.07) is 23.5. The van der Waals surface area contributed by atoms with E-state index in [1.54, 1.807) is 0 Å². The third-order valence-corrected chi connectivity index (χ3v) is 5.11. The van der Waals surface area contributed by atoms with Crippen molar-refractivity contribution in [2.75, 3.05) is 13.2 Å². The van der Waals surface area contributed by atoms with Crippen molar-refractivity contribution in [1.82, 2.24) is 0 Å². The molecule has 0 amide bonds. The van der Waals surface area contributed by atoms with Crippen molar-refractivity contribution in [2.45, 2.75) is 46.5 Å². The lowest BCUT2D eigenvalue weighted by Gasteiger charge is -2.11. The van der Waals surface area contributed by atoms with Gasteiger partial charge in [0.1, 0.15) is 11.5 Å². The molecule has 0 bridgehead atoms. The SMILES string of the molecule is CCCCOc1ccc(-c2ccc(-c3ccc(OCCCC)cc3)c(C)c2)cc1. The standard InChI is InChI=1S/C27H32O2/c1-4-6-18-28-25-13-8-22(9-14-25)24-12-17-27(21(3)20-24)23-10-15-26(16-11-23)29-19-7-5-2/h8-17,20H,4-7,18-19H2,1-3H3. The minimum absolute atomic E-state index is 0.784. The van der Waals surface area contributed by atoms with E-state index in [1.807, 2.05) is 0 Å². The Morgan fingerprint density at radius 2 is 1.07 bits per heavy atom. The predicted molar refractivity (Wildman–Crippen MR) is 123 cm³/mol. The lowest BCUT2D eigenvalue weighted by molar-refractivity contribution is 0.309. The van der Waals surface area contributed by atoms with Crippen molar-refractivity contribution >= 4 is 0 Å². The molecule has 152 valence electrons. The van der Waals surface area contributed by atoms with Crippen molar-refractivity contribution in [3.8, 4) is 33.8 Å². The molecule has 2 nitrogen and oxygen atoms in total. The van der Waals surface area contributed by atoms with E-state index in [0.29, 0.717) is 0 Å². The maximum atomic E-state index is 5.77. The molecule has 0 radical (unpaired) electrons. The summed E-state index contributed by atoms with van der Waals surface area (Å²) < 4.78 is 11.5. The molecule has 3 aromatic carbocycles. The molecule has 0 saturated carbocycles. The van der Waals surface area contributed by atoms with E-state index in [2.05, 4.69) is 87.5 Å². The first-order valence-electron chi connectivity index (χ1n) is 10.8. The smallest absolute Gasteiger partial charge is 0.119 e. The molecular weight excluding hydrogens is 356 g/mol. The van der Waals surface area contributed by atoms with Crippen LogP contribution in [-0.2, 0) is 0 Å². The van der Waals surface area contributed by atoms with Crippen LogP contribution in [-0.4, -0.2) is 13.2 Å². The molecule has 0 heterocycles. The second kappa shape index (κ2) is 10.7. The topological polar surface area (TPSA) is 18.5 Å². The maximum Gasteiger partial charge on any atom is 0.119 e. The number of aryl methyl sites for hydroxylation is 1. The summed E-state index contributed by atoms with van der Waals surface area (Å²) in [5.74, 6) is 1.88. The summed E-state index contributed by atoms with van der Waals surface area (Å²) in [7, 11) is 0. The van der Waals surface area contributed by atoms with E-state index in [0.717, 1.165) is 50.4 Å². The van der Waals surface area contributed by atoms with Gasteiger partial charge in [-0.1, -0.05) is 69.2 Å². The summed E-state index contributed by atoms with van der Waals surface area (Å²) in [4.78, 5) is 0. The van der Waals surface area contributed by atoms with Gasteiger partial charge in [-0.25, -0.2) is 0 Å². The van der Waals surface area contributed by atoms with Crippen LogP contribution in [0.15, 0.2) is 66.7 Å². The van der Waals surface area contributed by atoms with Gasteiger partial charge >= 0.3 is 0 Å². The highest BCUT2D eigenvalue weighted by Crippen LogP contribution is 2.30. The van der Waals surface area contributed by atoms with Crippen molar-refractivity contribution in [3.05, 3.63) is 72.3 Å². The van der Waals surface area contributed by atoms with Gasteiger partial charge in [0, 0.05) is 0 Å². The molecule has 3 aromatic rings. The zero-order valence-corrected chi connectivity index (χ0v) is 17.9. The summed E-state index contributed by atoms with van der Waals surface area (Å²) in [6.45, 7) is 8.09. The highest BCUT2D eigenvalue weighted by molar-refractivity contribution is 5.74. The number of benzene rings is 3. The van der Waals surface area contributed by atoms with E-state index in [4.69, 9.17) is 9.47 Å². The van der Waals surface area contributed by atoms with Gasteiger partial charge in [-0.3, -0.25) is 0 Å². The van der Waals surface area contributed by atoms with Gasteiger partial charge in [-0.2, -0.15) is 0 Å². The lowest BCUT2D eigenvalue weighted by Crippen LogP contribution is -1.96. The molecule has 0 atom stereocenters. The van der Waals surface area contributed by atoms with Crippen LogP contribution < -0.4 is 9.47 Å². The normalized spacial score (nSPS) is 10.7. The van der Waals surface area contributed by atoms with Gasteiger partial charge in [0.05, 0.1) is 13.2 Å². The highest BCUT2D eigenvalue weighted by Gasteiger charge is 2.06. The molecule has 3 rings (SSSR count). The number of unbranched alkanes of at least 4 members (excludes halogenated alkanes) is 2. The fourth-order valence-corrected chi connectivity index (χ4v) is 3.31. The van der Waals surface area contributed by atoms with Crippen LogP contribution in [0.25, 0.3) is 22.3 Å². The van der Waals surface area contributed by atoms with Crippen LogP contribution in [0.1, 0.15) is 45.1 Å². The van der Waals surface area contributed by atoms with Gasteiger partial charge in [0.2, 0.25) is 0 Å². The van der Waals surface area contributed by atoms with Gasteiger partial charge in [-0.15, -0.1) is 0 Å². The molecule has 0 aliphatic heterocycles. The quantitative estimate of drug-likeness (QED) is 0.331. The van der Waals surface area contributed by atoms with Crippen LogP contribution in [0.5, 0.6) is 11.5 Å². The number of rotatable bonds is 10. The molecule has 0 spiro atoms. The average molecular weight is 389 g/mol. The fraction of sp³-hybridized carbons (Fsp3) is 0.333. The summed E-state index contributed by atoms with van der Waals surface area (Å²) >= 11 is 0. The first-order chi connectivity index (χ1) is 14.2. The van der Waals surface area contributed by atoms with Crippen LogP contribution in [0, 0.1) is 6.92 Å². The Bertz CT molecular complexity index is 879. The molecule has 0 fully saturated rings. The van der Waals surface area contributed by atoms with E-state index < -0.39 is 0 Å². The maximum absolute atomic E-state index is 5.77. The second-order valence-corrected chi connectivity index (χ2v) is 7.48. The van der Waals surface area contributed by atoms with E-state index >= 15 is 0 Å². The van der Waals surface area contributed by atoms with Crippen molar-refractivity contribution in [1.29, 1.82) is 0 Å². The zero-order chi connectivity index (χ0) is 20.5. The van der Waals surface area contributed by atoms with Crippen molar-refractivity contribution in [2.24, 2.45) is 0 Å². The van der Waals surface area contributed by atoms with E-state index in [1.165, 1.54) is 27.8 Å². The van der Waals surface area contributed by atoms with Crippen molar-refractivity contribution < 1.29 is 9.47 Å². The van der Waals surface area contributed by atoms with Crippen LogP contribution >= 0.6 is 0 Å². The van der Waals surface area contributed by atoms with Crippen LogP contribution in [0.4, 0.5) is 0 Å². The minimum Gasteiger partial charge on any atom is -0.494 e. The fourth-order valence-electron chi connectivity index (χ4n) is 3.31. The Hall–Kier alpha value is -2.74. The molecule has 29 heavy (non-hydrogen) atoms. The van der Waals surface area contributed by atoms with E-state index in [-0.39, 0.29) is 0 Å². The van der Waals surface area contributed by atoms with Gasteiger partial charge < -0.3 is 9.47 Å². The predicted octanol–water partition coefficient (Wildman–Crippen LogP) is 7.69. The minimum atomic E-state index is 0.784. The van der Waals surface area contributed by atoms with Gasteiger partial charge in [0.15, 0.2) is 0 Å². The molecule has 0 aliphatic carbocycles. The van der Waals surface area contributed by atoms with Crippen molar-refractivity contribution in [3.63, 3.8) is 0 Å². The molecule has 0 aliphatic rings. The lowest BCUT2D eigenvalue weighted by atomic mass is 9.96. The number of ether oxygens (including phenoxy) is 2. The third kappa shape index (κ3) is 5.87. The Morgan fingerprint density at radius 1 is 0.586 bits per heavy atom. The van der Waals surface area contributed by atoms with Gasteiger partial charge in [0.25, 0.3) is 0 Å². The molecular formula is C27H32O2. The Kier molecular flexibility index (Phi) is 7.75. The summed E-state index contributed by atoms with van der Waals surface area (Å²) in [5, 5.41) is 0. The largest absolute Gasteiger partial charge is 0.494 e. The van der Waals surface area contributed by atoms with Crippen LogP contribution in [0.2, 0.25) is 0 Å². The zero-order valence-electron chi connectivity index (χ0n) is 17.9. The molecule has 2 heteroatoms. The van der Waals surface area contributed by atoms with Crippen LogP contribution in [0.3, 0.4) is 0 Å². The molecule has 0 aromatic heterocycles. The molecule has 0 unspecified atom stereocenters. The van der Waals surface area contributed by atoms with E-state index in [9.17, 15) is 0 Å². The summed E-state index contributed by atoms with van der Waals surface area (Å²) in [6.07, 6.45) is 4.49. The first-order valence-corrected chi connectivity index (χ1v) is 10.8. The third-order valence-electron chi connectivity index (χ3n) is 5.11. The highest BCUT2D eigenvalue weighted by atomic mass is 16.5. The summed E-state index contributed by atoms with van der Waals surface area (Å²) in [5.41, 5.74) is 6.18. The number of hydrogen-bond donors (Lipinski definition) is 0. The average Bonchev–Trinajstić information content (AvgIpc) is 2.75. The molecule has 0 saturated heterocycles. The number of hydrogen-bond acceptors (Lipinski definition) is 2. The molecule has 0 N–H and O–H groups in total. The van der Waals surface area contributed by atoms with Gasteiger partial charge in [-0.05, 0) is 71.8 Å². The Morgan fingerprint density at radius 3 is 1.55 bits per heavy atom. The second-order valence-electron chi connectivity index (χ2n) is 7.48. The Balaban J connectivity index is 1.70. The monoisotopic (exact) mass is 388 g/mol. The Labute approximate surface area is 175 Å².